The van der Waals surface area contributed by atoms with E-state index in [9.17, 15) is 4.79 Å². The Hall–Kier alpha value is -1.99. The molecule has 0 heterocycles. The first-order chi connectivity index (χ1) is 14.7. The summed E-state index contributed by atoms with van der Waals surface area (Å²) in [6, 6.07) is 13.2. The second-order valence-corrected chi connectivity index (χ2v) is 8.65. The molecule has 2 atom stereocenters. The van der Waals surface area contributed by atoms with Gasteiger partial charge < -0.3 is 24.8 Å². The maximum atomic E-state index is 13.5. The smallest absolute Gasteiger partial charge is 0.242 e. The number of hydrogen-bond acceptors (Lipinski definition) is 5. The summed E-state index contributed by atoms with van der Waals surface area (Å²) in [5.74, 6) is -0.186. The molecule has 0 aliphatic carbocycles. The van der Waals surface area contributed by atoms with Crippen LogP contribution < -0.4 is 5.73 Å². The van der Waals surface area contributed by atoms with Crippen molar-refractivity contribution >= 4 is 16.7 Å². The highest BCUT2D eigenvalue weighted by molar-refractivity contribution is 5.87. The van der Waals surface area contributed by atoms with E-state index in [1.807, 2.05) is 65.8 Å². The van der Waals surface area contributed by atoms with Crippen molar-refractivity contribution in [2.75, 3.05) is 19.8 Å². The minimum atomic E-state index is -0.777. The number of benzene rings is 2. The minimum Gasteiger partial charge on any atom is -0.374 e. The van der Waals surface area contributed by atoms with Crippen LogP contribution >= 0.6 is 0 Å². The molecule has 1 amide bonds. The van der Waals surface area contributed by atoms with Gasteiger partial charge in [-0.1, -0.05) is 42.5 Å². The van der Waals surface area contributed by atoms with E-state index in [-0.39, 0.29) is 24.2 Å². The number of carbonyl (C=O) groups is 1. The van der Waals surface area contributed by atoms with Crippen LogP contribution in [0.25, 0.3) is 10.8 Å². The zero-order chi connectivity index (χ0) is 23.0. The quantitative estimate of drug-likeness (QED) is 0.543. The first-order valence-electron chi connectivity index (χ1n) is 11.1. The van der Waals surface area contributed by atoms with Crippen molar-refractivity contribution in [2.45, 2.75) is 72.1 Å². The molecule has 1 unspecified atom stereocenters. The van der Waals surface area contributed by atoms with Crippen LogP contribution in [-0.4, -0.2) is 54.6 Å². The highest BCUT2D eigenvalue weighted by Crippen LogP contribution is 2.23. The Kier molecular flexibility index (Phi) is 9.44. The van der Waals surface area contributed by atoms with E-state index in [2.05, 4.69) is 18.2 Å². The third-order valence-corrected chi connectivity index (χ3v) is 5.06. The van der Waals surface area contributed by atoms with Gasteiger partial charge in [-0.05, 0) is 57.9 Å². The molecular formula is C25H38N2O4. The van der Waals surface area contributed by atoms with Crippen molar-refractivity contribution in [3.63, 3.8) is 0 Å². The largest absolute Gasteiger partial charge is 0.374 e. The second-order valence-electron chi connectivity index (χ2n) is 8.65. The molecule has 0 bridgehead atoms. The van der Waals surface area contributed by atoms with Crippen LogP contribution in [0.5, 0.6) is 0 Å². The van der Waals surface area contributed by atoms with Gasteiger partial charge in [-0.2, -0.15) is 0 Å². The number of hydrogen-bond donors (Lipinski definition) is 1. The van der Waals surface area contributed by atoms with Crippen LogP contribution in [-0.2, 0) is 25.5 Å². The Balaban J connectivity index is 2.35. The summed E-state index contributed by atoms with van der Waals surface area (Å²) in [5, 5.41) is 2.24. The SMILES string of the molecule is CCOC(OCC)[C@H](C)N(Cc1cccc2ccccc12)C(=O)C(N)COC(C)(C)C. The number of carbonyl (C=O) groups excluding carboxylic acids is 1. The van der Waals surface area contributed by atoms with E-state index >= 15 is 0 Å². The number of fused-ring (bicyclic) bond motifs is 1. The van der Waals surface area contributed by atoms with Gasteiger partial charge >= 0.3 is 0 Å². The highest BCUT2D eigenvalue weighted by Gasteiger charge is 2.32. The molecule has 0 aliphatic heterocycles. The molecule has 6 nitrogen and oxygen atoms in total. The van der Waals surface area contributed by atoms with E-state index in [4.69, 9.17) is 19.9 Å². The number of nitrogens with zero attached hydrogens (tertiary/aromatic N) is 1. The molecule has 2 aromatic rings. The third-order valence-electron chi connectivity index (χ3n) is 5.06. The summed E-state index contributed by atoms with van der Waals surface area (Å²) >= 11 is 0. The fourth-order valence-electron chi connectivity index (χ4n) is 3.46. The maximum Gasteiger partial charge on any atom is 0.242 e. The fourth-order valence-corrected chi connectivity index (χ4v) is 3.46. The Labute approximate surface area is 186 Å². The third kappa shape index (κ3) is 7.28. The molecule has 6 heteroatoms. The molecule has 0 aliphatic rings. The summed E-state index contributed by atoms with van der Waals surface area (Å²) in [6.07, 6.45) is -0.537. The van der Waals surface area contributed by atoms with Crippen molar-refractivity contribution in [1.29, 1.82) is 0 Å². The normalized spacial score (nSPS) is 14.1. The maximum absolute atomic E-state index is 13.5. The summed E-state index contributed by atoms with van der Waals surface area (Å²) in [5.41, 5.74) is 6.96. The lowest BCUT2D eigenvalue weighted by molar-refractivity contribution is -0.180. The molecule has 0 radical (unpaired) electrons. The van der Waals surface area contributed by atoms with Crippen LogP contribution in [0.15, 0.2) is 42.5 Å². The van der Waals surface area contributed by atoms with Gasteiger partial charge in [0.15, 0.2) is 6.29 Å². The molecular weight excluding hydrogens is 392 g/mol. The lowest BCUT2D eigenvalue weighted by Crippen LogP contribution is -2.54. The van der Waals surface area contributed by atoms with E-state index in [1.54, 1.807) is 4.90 Å². The van der Waals surface area contributed by atoms with E-state index in [0.717, 1.165) is 16.3 Å². The molecule has 2 rings (SSSR count). The van der Waals surface area contributed by atoms with E-state index in [1.165, 1.54) is 0 Å². The number of ether oxygens (including phenoxy) is 3. The van der Waals surface area contributed by atoms with Crippen molar-refractivity contribution in [3.8, 4) is 0 Å². The summed E-state index contributed by atoms with van der Waals surface area (Å²) in [6.45, 7) is 13.1. The standard InChI is InChI=1S/C25H38N2O4/c1-7-29-24(30-8-2)18(3)27(23(28)22(26)17-31-25(4,5)6)16-20-14-11-13-19-12-9-10-15-21(19)20/h9-15,18,22,24H,7-8,16-17,26H2,1-6H3/t18-,22?/m0/s1. The molecule has 31 heavy (non-hydrogen) atoms. The van der Waals surface area contributed by atoms with Gasteiger partial charge in [0, 0.05) is 19.8 Å². The lowest BCUT2D eigenvalue weighted by Gasteiger charge is -2.36. The predicted molar refractivity (Wildman–Crippen MR) is 125 cm³/mol. The zero-order valence-electron chi connectivity index (χ0n) is 19.8. The topological polar surface area (TPSA) is 74.0 Å². The Morgan fingerprint density at radius 2 is 1.65 bits per heavy atom. The minimum absolute atomic E-state index is 0.148. The Morgan fingerprint density at radius 3 is 2.26 bits per heavy atom. The second kappa shape index (κ2) is 11.6. The van der Waals surface area contributed by atoms with E-state index < -0.39 is 12.3 Å². The van der Waals surface area contributed by atoms with Gasteiger partial charge in [-0.15, -0.1) is 0 Å². The number of amides is 1. The van der Waals surface area contributed by atoms with Gasteiger partial charge in [0.25, 0.3) is 0 Å². The molecule has 0 saturated carbocycles. The monoisotopic (exact) mass is 430 g/mol. The molecule has 2 N–H and O–H groups in total. The number of rotatable bonds is 11. The van der Waals surface area contributed by atoms with Gasteiger partial charge in [-0.25, -0.2) is 0 Å². The average molecular weight is 431 g/mol. The lowest BCUT2D eigenvalue weighted by atomic mass is 10.0. The van der Waals surface area contributed by atoms with Gasteiger partial charge in [0.05, 0.1) is 18.2 Å². The molecule has 0 aromatic heterocycles. The summed E-state index contributed by atoms with van der Waals surface area (Å²) < 4.78 is 17.4. The van der Waals surface area contributed by atoms with Gasteiger partial charge in [0.1, 0.15) is 6.04 Å². The first-order valence-corrected chi connectivity index (χ1v) is 11.1. The molecule has 0 saturated heterocycles. The van der Waals surface area contributed by atoms with Gasteiger partial charge in [0.2, 0.25) is 5.91 Å². The van der Waals surface area contributed by atoms with Crippen LogP contribution in [0, 0.1) is 0 Å². The molecule has 172 valence electrons. The molecule has 0 spiro atoms. The van der Waals surface area contributed by atoms with Crippen LogP contribution in [0.2, 0.25) is 0 Å². The van der Waals surface area contributed by atoms with Crippen LogP contribution in [0.4, 0.5) is 0 Å². The van der Waals surface area contributed by atoms with E-state index in [0.29, 0.717) is 19.8 Å². The summed E-state index contributed by atoms with van der Waals surface area (Å²) in [4.78, 5) is 15.2. The van der Waals surface area contributed by atoms with Crippen LogP contribution in [0.3, 0.4) is 0 Å². The Morgan fingerprint density at radius 1 is 1.03 bits per heavy atom. The summed E-state index contributed by atoms with van der Waals surface area (Å²) in [7, 11) is 0. The van der Waals surface area contributed by atoms with Crippen molar-refractivity contribution in [2.24, 2.45) is 5.73 Å². The average Bonchev–Trinajstić information content (AvgIpc) is 2.74. The predicted octanol–water partition coefficient (Wildman–Crippen LogP) is 4.10. The molecule has 2 aromatic carbocycles. The van der Waals surface area contributed by atoms with Crippen molar-refractivity contribution in [3.05, 3.63) is 48.0 Å². The van der Waals surface area contributed by atoms with Crippen molar-refractivity contribution in [1.82, 2.24) is 4.90 Å². The zero-order valence-corrected chi connectivity index (χ0v) is 19.8. The Bertz CT molecular complexity index is 822. The highest BCUT2D eigenvalue weighted by atomic mass is 16.7. The number of nitrogens with two attached hydrogens (primary N) is 1. The van der Waals surface area contributed by atoms with Crippen molar-refractivity contribution < 1.29 is 19.0 Å². The first kappa shape index (κ1) is 25.3. The van der Waals surface area contributed by atoms with Crippen LogP contribution in [0.1, 0.15) is 47.1 Å². The molecule has 0 fully saturated rings. The van der Waals surface area contributed by atoms with Gasteiger partial charge in [-0.3, -0.25) is 4.79 Å². The fraction of sp³-hybridized carbons (Fsp3) is 0.560.